The molecule has 0 amide bonds. The Bertz CT molecular complexity index is 240. The van der Waals surface area contributed by atoms with Gasteiger partial charge in [0.15, 0.2) is 0 Å². The lowest BCUT2D eigenvalue weighted by Gasteiger charge is -2.11. The van der Waals surface area contributed by atoms with E-state index < -0.39 is 0 Å². The Kier molecular flexibility index (Phi) is 20.2. The van der Waals surface area contributed by atoms with Crippen LogP contribution in [0.5, 0.6) is 0 Å². The van der Waals surface area contributed by atoms with Crippen LogP contribution in [0.25, 0.3) is 0 Å². The summed E-state index contributed by atoms with van der Waals surface area (Å²) in [6, 6.07) is 0. The molecule has 152 valence electrons. The van der Waals surface area contributed by atoms with Crippen LogP contribution in [0, 0.1) is 0 Å². The molecule has 0 rings (SSSR count). The van der Waals surface area contributed by atoms with Crippen LogP contribution in [0.2, 0.25) is 0 Å². The van der Waals surface area contributed by atoms with Crippen molar-refractivity contribution >= 4 is 0 Å². The zero-order valence-electron chi connectivity index (χ0n) is 17.5. The highest BCUT2D eigenvalue weighted by atomic mass is 16.3. The van der Waals surface area contributed by atoms with Crippen molar-refractivity contribution in [3.8, 4) is 0 Å². The molecular formula is C23H48O2. The van der Waals surface area contributed by atoms with Gasteiger partial charge in [0, 0.05) is 0 Å². The van der Waals surface area contributed by atoms with Crippen molar-refractivity contribution in [1.82, 2.24) is 0 Å². The highest BCUT2D eigenvalue weighted by Gasteiger charge is 2.05. The van der Waals surface area contributed by atoms with Crippen LogP contribution in [-0.2, 0) is 0 Å². The maximum Gasteiger partial charge on any atom is 0.0541 e. The molecule has 0 saturated carbocycles. The largest absolute Gasteiger partial charge is 0.393 e. The number of hydrogen-bond donors (Lipinski definition) is 2. The van der Waals surface area contributed by atoms with E-state index in [2.05, 4.69) is 6.92 Å². The first-order chi connectivity index (χ1) is 12.2. The summed E-state index contributed by atoms with van der Waals surface area (Å²) in [6.45, 7) is 4.08. The number of hydrogen-bond acceptors (Lipinski definition) is 2. The van der Waals surface area contributed by atoms with E-state index in [1.165, 1.54) is 96.3 Å². The molecule has 0 radical (unpaired) electrons. The Labute approximate surface area is 158 Å². The van der Waals surface area contributed by atoms with Gasteiger partial charge in [0.25, 0.3) is 0 Å². The second-order valence-corrected chi connectivity index (χ2v) is 8.17. The van der Waals surface area contributed by atoms with Gasteiger partial charge < -0.3 is 10.2 Å². The predicted molar refractivity (Wildman–Crippen MR) is 111 cm³/mol. The Balaban J connectivity index is 3.07. The smallest absolute Gasteiger partial charge is 0.0541 e. The molecule has 0 aromatic carbocycles. The predicted octanol–water partition coefficient (Wildman–Crippen LogP) is 7.16. The van der Waals surface area contributed by atoms with Gasteiger partial charge in [-0.2, -0.15) is 0 Å². The molecule has 0 aromatic heterocycles. The highest BCUT2D eigenvalue weighted by molar-refractivity contribution is 4.59. The van der Waals surface area contributed by atoms with Gasteiger partial charge in [-0.1, -0.05) is 110 Å². The van der Waals surface area contributed by atoms with Crippen molar-refractivity contribution in [2.24, 2.45) is 0 Å². The summed E-state index contributed by atoms with van der Waals surface area (Å²) >= 11 is 0. The third-order valence-corrected chi connectivity index (χ3v) is 5.31. The molecular weight excluding hydrogens is 308 g/mol. The summed E-state index contributed by atoms with van der Waals surface area (Å²) in [5, 5.41) is 19.0. The fourth-order valence-corrected chi connectivity index (χ4v) is 3.51. The first kappa shape index (κ1) is 24.9. The second kappa shape index (κ2) is 20.2. The Morgan fingerprint density at radius 2 is 0.840 bits per heavy atom. The first-order valence-electron chi connectivity index (χ1n) is 11.5. The van der Waals surface area contributed by atoms with Crippen LogP contribution >= 0.6 is 0 Å². The van der Waals surface area contributed by atoms with E-state index in [4.69, 9.17) is 0 Å². The molecule has 0 bridgehead atoms. The SMILES string of the molecule is CCCCCCCCCCCCCCCCCCC(O)CCC(C)O. The molecule has 0 saturated heterocycles. The molecule has 0 aliphatic carbocycles. The fraction of sp³-hybridized carbons (Fsp3) is 1.00. The Hall–Kier alpha value is -0.0800. The summed E-state index contributed by atoms with van der Waals surface area (Å²) < 4.78 is 0. The van der Waals surface area contributed by atoms with Crippen molar-refractivity contribution in [2.75, 3.05) is 0 Å². The topological polar surface area (TPSA) is 40.5 Å². The van der Waals surface area contributed by atoms with E-state index in [0.29, 0.717) is 0 Å². The standard InChI is InChI=1S/C23H48O2/c1-3-4-5-6-7-8-9-10-11-12-13-14-15-16-17-18-19-23(25)21-20-22(2)24/h22-25H,3-21H2,1-2H3. The zero-order valence-corrected chi connectivity index (χ0v) is 17.5. The minimum Gasteiger partial charge on any atom is -0.393 e. The van der Waals surface area contributed by atoms with E-state index in [0.717, 1.165) is 25.7 Å². The van der Waals surface area contributed by atoms with E-state index >= 15 is 0 Å². The van der Waals surface area contributed by atoms with Gasteiger partial charge in [-0.15, -0.1) is 0 Å². The summed E-state index contributed by atoms with van der Waals surface area (Å²) in [6.07, 6.45) is 24.1. The Morgan fingerprint density at radius 3 is 1.20 bits per heavy atom. The molecule has 0 heterocycles. The third kappa shape index (κ3) is 21.9. The molecule has 0 aliphatic heterocycles. The van der Waals surface area contributed by atoms with Gasteiger partial charge in [0.05, 0.1) is 12.2 Å². The lowest BCUT2D eigenvalue weighted by molar-refractivity contribution is 0.114. The van der Waals surface area contributed by atoms with Gasteiger partial charge in [-0.25, -0.2) is 0 Å². The van der Waals surface area contributed by atoms with E-state index in [-0.39, 0.29) is 12.2 Å². The van der Waals surface area contributed by atoms with Crippen LogP contribution in [-0.4, -0.2) is 22.4 Å². The van der Waals surface area contributed by atoms with Gasteiger partial charge >= 0.3 is 0 Å². The van der Waals surface area contributed by atoms with Gasteiger partial charge in [-0.3, -0.25) is 0 Å². The van der Waals surface area contributed by atoms with Crippen molar-refractivity contribution in [2.45, 2.75) is 148 Å². The molecule has 2 N–H and O–H groups in total. The average molecular weight is 357 g/mol. The average Bonchev–Trinajstić information content (AvgIpc) is 2.59. The third-order valence-electron chi connectivity index (χ3n) is 5.31. The number of aliphatic hydroxyl groups is 2. The van der Waals surface area contributed by atoms with Crippen molar-refractivity contribution in [3.05, 3.63) is 0 Å². The fourth-order valence-electron chi connectivity index (χ4n) is 3.51. The second-order valence-electron chi connectivity index (χ2n) is 8.17. The lowest BCUT2D eigenvalue weighted by atomic mass is 10.0. The molecule has 25 heavy (non-hydrogen) atoms. The van der Waals surface area contributed by atoms with Crippen LogP contribution in [0.4, 0.5) is 0 Å². The number of aliphatic hydroxyl groups excluding tert-OH is 2. The molecule has 0 spiro atoms. The monoisotopic (exact) mass is 356 g/mol. The summed E-state index contributed by atoms with van der Waals surface area (Å²) in [5.74, 6) is 0. The minimum absolute atomic E-state index is 0.207. The van der Waals surface area contributed by atoms with Crippen molar-refractivity contribution in [3.63, 3.8) is 0 Å². The van der Waals surface area contributed by atoms with Crippen molar-refractivity contribution in [1.29, 1.82) is 0 Å². The molecule has 0 aliphatic rings. The van der Waals surface area contributed by atoms with Crippen LogP contribution in [0.1, 0.15) is 136 Å². The minimum atomic E-state index is -0.277. The van der Waals surface area contributed by atoms with E-state index in [1.807, 2.05) is 0 Å². The lowest BCUT2D eigenvalue weighted by Crippen LogP contribution is -2.10. The molecule has 0 fully saturated rings. The maximum atomic E-state index is 9.80. The first-order valence-corrected chi connectivity index (χ1v) is 11.5. The van der Waals surface area contributed by atoms with Crippen LogP contribution in [0.3, 0.4) is 0 Å². The summed E-state index contributed by atoms with van der Waals surface area (Å²) in [7, 11) is 0. The van der Waals surface area contributed by atoms with Gasteiger partial charge in [0.1, 0.15) is 0 Å². The maximum absolute atomic E-state index is 9.80. The van der Waals surface area contributed by atoms with Crippen molar-refractivity contribution < 1.29 is 10.2 Å². The highest BCUT2D eigenvalue weighted by Crippen LogP contribution is 2.15. The molecule has 2 atom stereocenters. The number of rotatable bonds is 20. The van der Waals surface area contributed by atoms with Gasteiger partial charge in [-0.05, 0) is 26.2 Å². The summed E-state index contributed by atoms with van der Waals surface area (Å²) in [4.78, 5) is 0. The number of unbranched alkanes of at least 4 members (excludes halogenated alkanes) is 15. The van der Waals surface area contributed by atoms with E-state index in [1.54, 1.807) is 6.92 Å². The quantitative estimate of drug-likeness (QED) is 0.227. The van der Waals surface area contributed by atoms with Crippen LogP contribution < -0.4 is 0 Å². The van der Waals surface area contributed by atoms with Crippen LogP contribution in [0.15, 0.2) is 0 Å². The Morgan fingerprint density at radius 1 is 0.480 bits per heavy atom. The van der Waals surface area contributed by atoms with Gasteiger partial charge in [0.2, 0.25) is 0 Å². The molecule has 0 aromatic rings. The molecule has 2 unspecified atom stereocenters. The van der Waals surface area contributed by atoms with E-state index in [9.17, 15) is 10.2 Å². The molecule has 2 heteroatoms. The molecule has 2 nitrogen and oxygen atoms in total. The normalized spacial score (nSPS) is 13.9. The summed E-state index contributed by atoms with van der Waals surface area (Å²) in [5.41, 5.74) is 0. The zero-order chi connectivity index (χ0) is 18.6.